The number of hydrogen-bond acceptors (Lipinski definition) is 2. The summed E-state index contributed by atoms with van der Waals surface area (Å²) in [6.07, 6.45) is 0.903. The fraction of sp³-hybridized carbons (Fsp3) is 0.235. The lowest BCUT2D eigenvalue weighted by atomic mass is 9.94. The van der Waals surface area contributed by atoms with Crippen molar-refractivity contribution in [2.24, 2.45) is 5.73 Å². The first-order valence-corrected chi connectivity index (χ1v) is 6.77. The third-order valence-corrected chi connectivity index (χ3v) is 3.42. The van der Waals surface area contributed by atoms with E-state index in [2.05, 4.69) is 19.1 Å². The quantitative estimate of drug-likeness (QED) is 0.874. The molecule has 3 heteroatoms. The van der Waals surface area contributed by atoms with Gasteiger partial charge in [0.15, 0.2) is 0 Å². The van der Waals surface area contributed by atoms with Gasteiger partial charge in [-0.05, 0) is 34.7 Å². The number of benzene rings is 2. The van der Waals surface area contributed by atoms with E-state index in [1.165, 1.54) is 11.1 Å². The highest BCUT2D eigenvalue weighted by molar-refractivity contribution is 5.70. The van der Waals surface area contributed by atoms with E-state index < -0.39 is 12.0 Å². The standard InChI is InChI=1S/C17H19NO2/c1-2-12-6-3-4-9-15(12)13-7-5-8-14(10-13)16(18)11-17(19)20/h3-10,16H,2,11,18H2,1H3,(H,19,20). The topological polar surface area (TPSA) is 63.3 Å². The number of aryl methyl sites for hydroxylation is 1. The molecule has 1 unspecified atom stereocenters. The zero-order valence-electron chi connectivity index (χ0n) is 11.5. The van der Waals surface area contributed by atoms with E-state index in [0.29, 0.717) is 0 Å². The van der Waals surface area contributed by atoms with Crippen LogP contribution in [0.2, 0.25) is 0 Å². The first kappa shape index (κ1) is 14.3. The van der Waals surface area contributed by atoms with E-state index in [1.807, 2.05) is 36.4 Å². The van der Waals surface area contributed by atoms with Crippen LogP contribution in [0.4, 0.5) is 0 Å². The van der Waals surface area contributed by atoms with E-state index in [1.54, 1.807) is 0 Å². The number of nitrogens with two attached hydrogens (primary N) is 1. The third kappa shape index (κ3) is 3.25. The van der Waals surface area contributed by atoms with Crippen LogP contribution < -0.4 is 5.73 Å². The Labute approximate surface area is 119 Å². The van der Waals surface area contributed by atoms with Crippen LogP contribution in [0.1, 0.15) is 30.5 Å². The van der Waals surface area contributed by atoms with Crippen LogP contribution in [0.5, 0.6) is 0 Å². The number of carboxylic acid groups (broad SMARTS) is 1. The second-order valence-electron chi connectivity index (χ2n) is 4.84. The van der Waals surface area contributed by atoms with E-state index in [9.17, 15) is 4.79 Å². The lowest BCUT2D eigenvalue weighted by Crippen LogP contribution is -2.14. The Bertz CT molecular complexity index is 607. The van der Waals surface area contributed by atoms with Gasteiger partial charge in [0.05, 0.1) is 6.42 Å². The average molecular weight is 269 g/mol. The summed E-state index contributed by atoms with van der Waals surface area (Å²) < 4.78 is 0. The molecule has 0 bridgehead atoms. The molecular weight excluding hydrogens is 250 g/mol. The molecule has 2 aromatic rings. The normalized spacial score (nSPS) is 12.1. The molecule has 0 aliphatic heterocycles. The van der Waals surface area contributed by atoms with Crippen LogP contribution in [-0.4, -0.2) is 11.1 Å². The smallest absolute Gasteiger partial charge is 0.305 e. The van der Waals surface area contributed by atoms with Gasteiger partial charge in [-0.3, -0.25) is 4.79 Å². The predicted molar refractivity (Wildman–Crippen MR) is 80.4 cm³/mol. The molecule has 104 valence electrons. The number of carboxylic acids is 1. The second-order valence-corrected chi connectivity index (χ2v) is 4.84. The van der Waals surface area contributed by atoms with Gasteiger partial charge in [0.2, 0.25) is 0 Å². The summed E-state index contributed by atoms with van der Waals surface area (Å²) in [5, 5.41) is 8.83. The van der Waals surface area contributed by atoms with Gasteiger partial charge in [-0.1, -0.05) is 49.4 Å². The summed E-state index contributed by atoms with van der Waals surface area (Å²) in [6.45, 7) is 2.12. The summed E-state index contributed by atoms with van der Waals surface area (Å²) in [5.74, 6) is -0.878. The van der Waals surface area contributed by atoms with Gasteiger partial charge in [-0.2, -0.15) is 0 Å². The largest absolute Gasteiger partial charge is 0.481 e. The van der Waals surface area contributed by atoms with Crippen molar-refractivity contribution in [1.82, 2.24) is 0 Å². The van der Waals surface area contributed by atoms with Gasteiger partial charge < -0.3 is 10.8 Å². The van der Waals surface area contributed by atoms with Crippen LogP contribution in [0, 0.1) is 0 Å². The molecule has 0 heterocycles. The first-order valence-electron chi connectivity index (χ1n) is 6.77. The minimum absolute atomic E-state index is 0.0567. The van der Waals surface area contributed by atoms with Crippen molar-refractivity contribution in [3.8, 4) is 11.1 Å². The monoisotopic (exact) mass is 269 g/mol. The molecule has 0 fully saturated rings. The zero-order valence-corrected chi connectivity index (χ0v) is 11.5. The molecule has 2 aromatic carbocycles. The molecule has 0 amide bonds. The molecular formula is C17H19NO2. The number of hydrogen-bond donors (Lipinski definition) is 2. The average Bonchev–Trinajstić information content (AvgIpc) is 2.46. The fourth-order valence-electron chi connectivity index (χ4n) is 2.35. The third-order valence-electron chi connectivity index (χ3n) is 3.42. The minimum atomic E-state index is -0.878. The maximum atomic E-state index is 10.8. The lowest BCUT2D eigenvalue weighted by Gasteiger charge is -2.13. The second kappa shape index (κ2) is 6.35. The van der Waals surface area contributed by atoms with Gasteiger partial charge in [0.25, 0.3) is 0 Å². The summed E-state index contributed by atoms with van der Waals surface area (Å²) >= 11 is 0. The molecule has 1 atom stereocenters. The molecule has 3 nitrogen and oxygen atoms in total. The van der Waals surface area contributed by atoms with Crippen molar-refractivity contribution in [2.45, 2.75) is 25.8 Å². The predicted octanol–water partition coefficient (Wildman–Crippen LogP) is 3.39. The Balaban J connectivity index is 2.36. The Kier molecular flexibility index (Phi) is 4.53. The highest BCUT2D eigenvalue weighted by Gasteiger charge is 2.12. The SMILES string of the molecule is CCc1ccccc1-c1cccc(C(N)CC(=O)O)c1. The van der Waals surface area contributed by atoms with Crippen molar-refractivity contribution in [1.29, 1.82) is 0 Å². The maximum Gasteiger partial charge on any atom is 0.305 e. The molecule has 20 heavy (non-hydrogen) atoms. The molecule has 0 aliphatic carbocycles. The van der Waals surface area contributed by atoms with Crippen molar-refractivity contribution in [3.63, 3.8) is 0 Å². The van der Waals surface area contributed by atoms with Crippen molar-refractivity contribution >= 4 is 5.97 Å². The Hall–Kier alpha value is -2.13. The van der Waals surface area contributed by atoms with Crippen LogP contribution >= 0.6 is 0 Å². The van der Waals surface area contributed by atoms with Crippen LogP contribution in [0.3, 0.4) is 0 Å². The van der Waals surface area contributed by atoms with Crippen LogP contribution in [0.25, 0.3) is 11.1 Å². The molecule has 2 rings (SSSR count). The van der Waals surface area contributed by atoms with Gasteiger partial charge in [0, 0.05) is 6.04 Å². The Morgan fingerprint density at radius 2 is 1.95 bits per heavy atom. The number of carbonyl (C=O) groups is 1. The van der Waals surface area contributed by atoms with Crippen LogP contribution in [-0.2, 0) is 11.2 Å². The van der Waals surface area contributed by atoms with Gasteiger partial charge >= 0.3 is 5.97 Å². The van der Waals surface area contributed by atoms with E-state index in [0.717, 1.165) is 17.5 Å². The minimum Gasteiger partial charge on any atom is -0.481 e. The molecule has 3 N–H and O–H groups in total. The molecule has 0 aromatic heterocycles. The van der Waals surface area contributed by atoms with Gasteiger partial charge in [-0.25, -0.2) is 0 Å². The number of aliphatic carboxylic acids is 1. The zero-order chi connectivity index (χ0) is 14.5. The summed E-state index contributed by atoms with van der Waals surface area (Å²) in [7, 11) is 0. The Morgan fingerprint density at radius 1 is 1.20 bits per heavy atom. The molecule has 0 aliphatic rings. The summed E-state index contributed by atoms with van der Waals surface area (Å²) in [5.41, 5.74) is 10.3. The fourth-order valence-corrected chi connectivity index (χ4v) is 2.35. The first-order chi connectivity index (χ1) is 9.61. The van der Waals surface area contributed by atoms with Gasteiger partial charge in [0.1, 0.15) is 0 Å². The molecule has 0 saturated carbocycles. The van der Waals surface area contributed by atoms with Crippen molar-refractivity contribution in [3.05, 3.63) is 59.7 Å². The number of rotatable bonds is 5. The van der Waals surface area contributed by atoms with E-state index in [-0.39, 0.29) is 6.42 Å². The van der Waals surface area contributed by atoms with E-state index in [4.69, 9.17) is 10.8 Å². The lowest BCUT2D eigenvalue weighted by molar-refractivity contribution is -0.137. The highest BCUT2D eigenvalue weighted by Crippen LogP contribution is 2.27. The highest BCUT2D eigenvalue weighted by atomic mass is 16.4. The molecule has 0 saturated heterocycles. The van der Waals surface area contributed by atoms with E-state index >= 15 is 0 Å². The maximum absolute atomic E-state index is 10.8. The summed E-state index contributed by atoms with van der Waals surface area (Å²) in [4.78, 5) is 10.8. The van der Waals surface area contributed by atoms with Crippen molar-refractivity contribution < 1.29 is 9.90 Å². The Morgan fingerprint density at radius 3 is 2.65 bits per heavy atom. The van der Waals surface area contributed by atoms with Gasteiger partial charge in [-0.15, -0.1) is 0 Å². The van der Waals surface area contributed by atoms with Crippen LogP contribution in [0.15, 0.2) is 48.5 Å². The summed E-state index contributed by atoms with van der Waals surface area (Å²) in [6, 6.07) is 15.6. The molecule has 0 spiro atoms. The van der Waals surface area contributed by atoms with Crippen molar-refractivity contribution in [2.75, 3.05) is 0 Å². The molecule has 0 radical (unpaired) electrons.